The summed E-state index contributed by atoms with van der Waals surface area (Å²) >= 11 is 5.92. The van der Waals surface area contributed by atoms with E-state index in [9.17, 15) is 14.7 Å². The molecule has 1 aliphatic rings. The van der Waals surface area contributed by atoms with Gasteiger partial charge in [-0.15, -0.1) is 0 Å². The van der Waals surface area contributed by atoms with Gasteiger partial charge in [-0.2, -0.15) is 0 Å². The monoisotopic (exact) mass is 402 g/mol. The van der Waals surface area contributed by atoms with E-state index in [-0.39, 0.29) is 35.6 Å². The highest BCUT2D eigenvalue weighted by atomic mass is 35.5. The van der Waals surface area contributed by atoms with Gasteiger partial charge < -0.3 is 20.1 Å². The van der Waals surface area contributed by atoms with Gasteiger partial charge in [-0.3, -0.25) is 9.59 Å². The number of aromatic hydroxyl groups is 1. The molecule has 1 heterocycles. The Bertz CT molecular complexity index is 828. The highest BCUT2D eigenvalue weighted by Crippen LogP contribution is 2.28. The molecule has 3 rings (SSSR count). The average molecular weight is 403 g/mol. The zero-order valence-corrected chi connectivity index (χ0v) is 16.2. The van der Waals surface area contributed by atoms with Crippen LogP contribution >= 0.6 is 11.6 Å². The third-order valence-corrected chi connectivity index (χ3v) is 4.92. The molecule has 0 aromatic heterocycles. The topological polar surface area (TPSA) is 78.9 Å². The predicted octanol–water partition coefficient (Wildman–Crippen LogP) is 3.69. The number of ether oxygens (including phenoxy) is 1. The number of carbonyl (C=O) groups excluding carboxylic acids is 2. The van der Waals surface area contributed by atoms with Crippen LogP contribution in [0.5, 0.6) is 11.5 Å². The lowest BCUT2D eigenvalue weighted by Crippen LogP contribution is -2.44. The van der Waals surface area contributed by atoms with Crippen molar-refractivity contribution in [1.82, 2.24) is 4.90 Å². The number of carbonyl (C=O) groups is 2. The van der Waals surface area contributed by atoms with E-state index in [0.717, 1.165) is 12.2 Å². The number of likely N-dealkylation sites (tertiary alicyclic amines) is 1. The quantitative estimate of drug-likeness (QED) is 0.722. The molecule has 2 amide bonds. The predicted molar refractivity (Wildman–Crippen MR) is 108 cm³/mol. The van der Waals surface area contributed by atoms with Crippen LogP contribution < -0.4 is 10.1 Å². The molecule has 28 heavy (non-hydrogen) atoms. The molecule has 2 N–H and O–H groups in total. The van der Waals surface area contributed by atoms with E-state index in [4.69, 9.17) is 16.3 Å². The standard InChI is InChI=1S/C21H23ClN2O4/c22-16-8-9-19(25)18(13-16)23-21(27)15-5-4-11-24(14-15)20(26)10-12-28-17-6-2-1-3-7-17/h1-3,6-9,13,15,25H,4-5,10-12,14H2,(H,23,27). The molecule has 0 spiro atoms. The van der Waals surface area contributed by atoms with Crippen LogP contribution in [0.2, 0.25) is 5.02 Å². The minimum absolute atomic E-state index is 0.0287. The molecule has 148 valence electrons. The molecule has 1 aliphatic heterocycles. The van der Waals surface area contributed by atoms with Crippen molar-refractivity contribution in [2.75, 3.05) is 25.0 Å². The maximum absolute atomic E-state index is 12.6. The molecule has 6 nitrogen and oxygen atoms in total. The fraction of sp³-hybridized carbons (Fsp3) is 0.333. The first-order valence-electron chi connectivity index (χ1n) is 9.28. The van der Waals surface area contributed by atoms with Crippen LogP contribution in [0.1, 0.15) is 19.3 Å². The number of hydrogen-bond acceptors (Lipinski definition) is 4. The Hall–Kier alpha value is -2.73. The Balaban J connectivity index is 1.50. The van der Waals surface area contributed by atoms with Crippen molar-refractivity contribution >= 4 is 29.1 Å². The van der Waals surface area contributed by atoms with Crippen molar-refractivity contribution in [2.45, 2.75) is 19.3 Å². The van der Waals surface area contributed by atoms with Crippen molar-refractivity contribution in [1.29, 1.82) is 0 Å². The number of para-hydroxylation sites is 1. The lowest BCUT2D eigenvalue weighted by atomic mass is 9.96. The third-order valence-electron chi connectivity index (χ3n) is 4.69. The van der Waals surface area contributed by atoms with Crippen molar-refractivity contribution in [3.05, 3.63) is 53.6 Å². The first-order valence-corrected chi connectivity index (χ1v) is 9.66. The number of amides is 2. The van der Waals surface area contributed by atoms with Gasteiger partial charge in [0.25, 0.3) is 0 Å². The fourth-order valence-electron chi connectivity index (χ4n) is 3.19. The van der Waals surface area contributed by atoms with E-state index in [1.807, 2.05) is 30.3 Å². The summed E-state index contributed by atoms with van der Waals surface area (Å²) in [5.74, 6) is 0.104. The summed E-state index contributed by atoms with van der Waals surface area (Å²) in [6.07, 6.45) is 1.71. The summed E-state index contributed by atoms with van der Waals surface area (Å²) in [5.41, 5.74) is 0.275. The summed E-state index contributed by atoms with van der Waals surface area (Å²) < 4.78 is 5.58. The molecular formula is C21H23ClN2O4. The molecule has 0 bridgehead atoms. The van der Waals surface area contributed by atoms with Gasteiger partial charge in [0.05, 0.1) is 24.6 Å². The Kier molecular flexibility index (Phi) is 6.76. The highest BCUT2D eigenvalue weighted by molar-refractivity contribution is 6.31. The number of anilines is 1. The normalized spacial score (nSPS) is 16.5. The summed E-state index contributed by atoms with van der Waals surface area (Å²) in [7, 11) is 0. The minimum atomic E-state index is -0.328. The van der Waals surface area contributed by atoms with Crippen LogP contribution in [0.25, 0.3) is 0 Å². The molecule has 0 saturated carbocycles. The van der Waals surface area contributed by atoms with Crippen LogP contribution in [-0.2, 0) is 9.59 Å². The smallest absolute Gasteiger partial charge is 0.229 e. The number of phenolic OH excluding ortho intramolecular Hbond substituents is 1. The van der Waals surface area contributed by atoms with Crippen LogP contribution in [0, 0.1) is 5.92 Å². The second-order valence-corrected chi connectivity index (χ2v) is 7.18. The summed E-state index contributed by atoms with van der Waals surface area (Å²) in [6, 6.07) is 13.8. The second kappa shape index (κ2) is 9.46. The number of piperidine rings is 1. The van der Waals surface area contributed by atoms with Crippen LogP contribution in [-0.4, -0.2) is 41.5 Å². The Morgan fingerprint density at radius 1 is 1.21 bits per heavy atom. The zero-order chi connectivity index (χ0) is 19.9. The number of hydrogen-bond donors (Lipinski definition) is 2. The van der Waals surface area contributed by atoms with E-state index >= 15 is 0 Å². The summed E-state index contributed by atoms with van der Waals surface area (Å²) in [5, 5.41) is 13.0. The van der Waals surface area contributed by atoms with Crippen molar-refractivity contribution in [3.63, 3.8) is 0 Å². The first-order chi connectivity index (χ1) is 13.5. The number of nitrogens with one attached hydrogen (secondary N) is 1. The molecule has 0 radical (unpaired) electrons. The average Bonchev–Trinajstić information content (AvgIpc) is 2.71. The minimum Gasteiger partial charge on any atom is -0.506 e. The van der Waals surface area contributed by atoms with E-state index in [0.29, 0.717) is 31.1 Å². The zero-order valence-electron chi connectivity index (χ0n) is 15.4. The van der Waals surface area contributed by atoms with Crippen molar-refractivity contribution < 1.29 is 19.4 Å². The van der Waals surface area contributed by atoms with Gasteiger partial charge in [0.1, 0.15) is 11.5 Å². The van der Waals surface area contributed by atoms with Crippen LogP contribution in [0.3, 0.4) is 0 Å². The fourth-order valence-corrected chi connectivity index (χ4v) is 3.36. The van der Waals surface area contributed by atoms with Crippen molar-refractivity contribution in [3.8, 4) is 11.5 Å². The van der Waals surface area contributed by atoms with E-state index in [1.54, 1.807) is 11.0 Å². The molecule has 7 heteroatoms. The molecule has 1 saturated heterocycles. The summed E-state index contributed by atoms with van der Waals surface area (Å²) in [4.78, 5) is 26.7. The van der Waals surface area contributed by atoms with Crippen molar-refractivity contribution in [2.24, 2.45) is 5.92 Å². The molecule has 0 aliphatic carbocycles. The van der Waals surface area contributed by atoms with Gasteiger partial charge >= 0.3 is 0 Å². The maximum atomic E-state index is 12.6. The molecule has 1 unspecified atom stereocenters. The van der Waals surface area contributed by atoms with E-state index in [2.05, 4.69) is 5.32 Å². The largest absolute Gasteiger partial charge is 0.506 e. The van der Waals surface area contributed by atoms with Gasteiger partial charge in [0, 0.05) is 18.1 Å². The molecule has 2 aromatic rings. The first kappa shape index (κ1) is 20.0. The van der Waals surface area contributed by atoms with E-state index in [1.165, 1.54) is 12.1 Å². The van der Waals surface area contributed by atoms with E-state index < -0.39 is 0 Å². The van der Waals surface area contributed by atoms with Gasteiger partial charge in [-0.1, -0.05) is 29.8 Å². The SMILES string of the molecule is O=C(Nc1cc(Cl)ccc1O)C1CCCN(C(=O)CCOc2ccccc2)C1. The Morgan fingerprint density at radius 2 is 2.00 bits per heavy atom. The number of halogens is 1. The maximum Gasteiger partial charge on any atom is 0.229 e. The lowest BCUT2D eigenvalue weighted by Gasteiger charge is -2.32. The number of rotatable bonds is 6. The second-order valence-electron chi connectivity index (χ2n) is 6.74. The van der Waals surface area contributed by atoms with Crippen LogP contribution in [0.4, 0.5) is 5.69 Å². The summed E-state index contributed by atoms with van der Waals surface area (Å²) in [6.45, 7) is 1.29. The van der Waals surface area contributed by atoms with Gasteiger partial charge in [0.2, 0.25) is 11.8 Å². The van der Waals surface area contributed by atoms with Gasteiger partial charge in [0.15, 0.2) is 0 Å². The molecular weight excluding hydrogens is 380 g/mol. The third kappa shape index (κ3) is 5.39. The highest BCUT2D eigenvalue weighted by Gasteiger charge is 2.28. The molecule has 1 atom stereocenters. The number of nitrogens with zero attached hydrogens (tertiary/aromatic N) is 1. The number of phenols is 1. The Labute approximate surface area is 169 Å². The van der Waals surface area contributed by atoms with Gasteiger partial charge in [-0.25, -0.2) is 0 Å². The molecule has 1 fully saturated rings. The lowest BCUT2D eigenvalue weighted by molar-refractivity contribution is -0.135. The number of benzene rings is 2. The Morgan fingerprint density at radius 3 is 2.79 bits per heavy atom. The van der Waals surface area contributed by atoms with Gasteiger partial charge in [-0.05, 0) is 43.2 Å². The van der Waals surface area contributed by atoms with Crippen LogP contribution in [0.15, 0.2) is 48.5 Å². The molecule has 2 aromatic carbocycles.